The zero-order valence-electron chi connectivity index (χ0n) is 5.50. The number of hydrogen-bond acceptors (Lipinski definition) is 2. The predicted molar refractivity (Wildman–Crippen MR) is 43.8 cm³/mol. The second kappa shape index (κ2) is 3.10. The van der Waals surface area contributed by atoms with Gasteiger partial charge in [-0.25, -0.2) is 0 Å². The van der Waals surface area contributed by atoms with Gasteiger partial charge < -0.3 is 9.84 Å². The topological polar surface area (TPSA) is 29.5 Å². The van der Waals surface area contributed by atoms with Gasteiger partial charge in [0.2, 0.25) is 0 Å². The third kappa shape index (κ3) is 1.77. The molecule has 3 heteroatoms. The van der Waals surface area contributed by atoms with E-state index < -0.39 is 0 Å². The third-order valence-corrected chi connectivity index (χ3v) is 1.43. The highest BCUT2D eigenvalue weighted by atomic mass is 16.5. The van der Waals surface area contributed by atoms with E-state index in [0.717, 1.165) is 6.42 Å². The Balaban J connectivity index is 2.52. The second-order valence-corrected chi connectivity index (χ2v) is 2.42. The first kappa shape index (κ1) is 7.67. The van der Waals surface area contributed by atoms with Gasteiger partial charge in [-0.1, -0.05) is 18.7 Å². The summed E-state index contributed by atoms with van der Waals surface area (Å²) in [6.07, 6.45) is 3.27. The van der Waals surface area contributed by atoms with Crippen LogP contribution in [0.3, 0.4) is 0 Å². The average Bonchev–Trinajstić information content (AvgIpc) is 1.85. The summed E-state index contributed by atoms with van der Waals surface area (Å²) < 4.78 is 5.43. The Morgan fingerprint density at radius 3 is 3.10 bits per heavy atom. The van der Waals surface area contributed by atoms with E-state index in [1.54, 1.807) is 0 Å². The lowest BCUT2D eigenvalue weighted by Crippen LogP contribution is -2.24. The lowest BCUT2D eigenvalue weighted by Gasteiger charge is -2.28. The van der Waals surface area contributed by atoms with Crippen molar-refractivity contribution in [3.63, 3.8) is 0 Å². The van der Waals surface area contributed by atoms with Gasteiger partial charge >= 0.3 is 0 Å². The predicted octanol–water partition coefficient (Wildman–Crippen LogP) is -0.390. The van der Waals surface area contributed by atoms with Crippen LogP contribution >= 0.6 is 0 Å². The van der Waals surface area contributed by atoms with Crippen LogP contribution in [0, 0.1) is 5.92 Å². The smallest absolute Gasteiger partial charge is 0.116 e. The Morgan fingerprint density at radius 1 is 1.90 bits per heavy atom. The zero-order chi connectivity index (χ0) is 7.56. The average molecular weight is 141 g/mol. The Morgan fingerprint density at radius 2 is 2.60 bits per heavy atom. The molecule has 0 aromatic heterocycles. The molecule has 1 heterocycles. The molecule has 0 fully saturated rings. The molecule has 1 aliphatic heterocycles. The van der Waals surface area contributed by atoms with E-state index in [9.17, 15) is 0 Å². The molecule has 0 aromatic carbocycles. The SMILES string of the molecule is [BH3-]C1=CC(C)CC(CO)O1. The Bertz CT molecular complexity index is 145. The molecule has 0 bridgehead atoms. The normalized spacial score (nSPS) is 32.9. The molecule has 1 aliphatic rings. The number of aliphatic hydroxyl groups is 1. The monoisotopic (exact) mass is 141 g/mol. The largest absolute Gasteiger partial charge is 0.535 e. The molecule has 2 unspecified atom stereocenters. The van der Waals surface area contributed by atoms with Crippen LogP contribution in [0.4, 0.5) is 0 Å². The molecular weight excluding hydrogens is 127 g/mol. The van der Waals surface area contributed by atoms with Gasteiger partial charge in [-0.05, 0) is 12.3 Å². The van der Waals surface area contributed by atoms with E-state index in [1.165, 1.54) is 5.66 Å². The van der Waals surface area contributed by atoms with Crippen LogP contribution in [-0.4, -0.2) is 25.7 Å². The van der Waals surface area contributed by atoms with Crippen molar-refractivity contribution in [2.45, 2.75) is 19.4 Å². The van der Waals surface area contributed by atoms with Gasteiger partial charge in [0, 0.05) is 7.85 Å². The number of aliphatic hydroxyl groups excluding tert-OH is 1. The van der Waals surface area contributed by atoms with Gasteiger partial charge in [0.1, 0.15) is 6.10 Å². The molecule has 1 N–H and O–H groups in total. The van der Waals surface area contributed by atoms with Crippen molar-refractivity contribution in [2.24, 2.45) is 5.92 Å². The lowest BCUT2D eigenvalue weighted by molar-refractivity contribution is 0.0454. The van der Waals surface area contributed by atoms with E-state index in [0.29, 0.717) is 5.92 Å². The maximum atomic E-state index is 8.80. The van der Waals surface area contributed by atoms with E-state index in [-0.39, 0.29) is 20.6 Å². The standard InChI is InChI=1S/C7H14BO2/c1-5-2-6(4-9)10-7(8)3-5/h3,5-6,9H,2,4H2,1,8H3/q-1. The fourth-order valence-electron chi connectivity index (χ4n) is 0.894. The highest BCUT2D eigenvalue weighted by molar-refractivity contribution is 6.20. The van der Waals surface area contributed by atoms with Crippen molar-refractivity contribution in [1.82, 2.24) is 0 Å². The van der Waals surface area contributed by atoms with Gasteiger partial charge in [0.15, 0.2) is 0 Å². The number of hydrogen-bond donors (Lipinski definition) is 1. The van der Waals surface area contributed by atoms with Gasteiger partial charge in [-0.2, -0.15) is 0 Å². The summed E-state index contributed by atoms with van der Waals surface area (Å²) in [5.74, 6) is 0.610. The van der Waals surface area contributed by atoms with Crippen molar-refractivity contribution in [3.8, 4) is 0 Å². The third-order valence-electron chi connectivity index (χ3n) is 1.43. The van der Waals surface area contributed by atoms with E-state index in [2.05, 4.69) is 13.0 Å². The molecule has 0 aromatic rings. The van der Waals surface area contributed by atoms with E-state index >= 15 is 0 Å². The molecule has 0 radical (unpaired) electrons. The van der Waals surface area contributed by atoms with Crippen molar-refractivity contribution >= 4 is 7.85 Å². The summed E-state index contributed by atoms with van der Waals surface area (Å²) in [5.41, 5.74) is 1.19. The highest BCUT2D eigenvalue weighted by Gasteiger charge is 2.14. The first-order valence-electron chi connectivity index (χ1n) is 3.18. The molecular formula is C7H14BO2-. The Kier molecular flexibility index (Phi) is 2.38. The maximum Gasteiger partial charge on any atom is 0.116 e. The van der Waals surface area contributed by atoms with Crippen molar-refractivity contribution < 1.29 is 9.84 Å². The first-order chi connectivity index (χ1) is 4.72. The van der Waals surface area contributed by atoms with Gasteiger partial charge in [0.05, 0.1) is 6.61 Å². The second-order valence-electron chi connectivity index (χ2n) is 2.42. The van der Waals surface area contributed by atoms with Crippen LogP contribution in [0.25, 0.3) is 0 Å². The zero-order valence-corrected chi connectivity index (χ0v) is 5.50. The summed E-state index contributed by atoms with van der Waals surface area (Å²) in [6, 6.07) is 0. The minimum absolute atomic E-state index is 0.0903. The summed E-state index contributed by atoms with van der Waals surface area (Å²) >= 11 is 0. The van der Waals surface area contributed by atoms with Crippen LogP contribution in [0.2, 0.25) is 0 Å². The van der Waals surface area contributed by atoms with Crippen LogP contribution in [0.15, 0.2) is 11.7 Å². The lowest BCUT2D eigenvalue weighted by atomic mass is 9.94. The molecule has 2 atom stereocenters. The van der Waals surface area contributed by atoms with Crippen LogP contribution in [0.1, 0.15) is 13.3 Å². The molecule has 2 nitrogen and oxygen atoms in total. The van der Waals surface area contributed by atoms with Gasteiger partial charge in [-0.3, -0.25) is 0 Å². The summed E-state index contributed by atoms with van der Waals surface area (Å²) in [5, 5.41) is 8.80. The quantitative estimate of drug-likeness (QED) is 0.504. The van der Waals surface area contributed by atoms with Crippen molar-refractivity contribution in [2.75, 3.05) is 6.61 Å². The summed E-state index contributed by atoms with van der Waals surface area (Å²) in [4.78, 5) is 0. The number of allylic oxidation sites excluding steroid dienone is 1. The maximum absolute atomic E-state index is 8.80. The molecule has 0 aliphatic carbocycles. The molecule has 58 valence electrons. The van der Waals surface area contributed by atoms with Crippen molar-refractivity contribution in [1.29, 1.82) is 0 Å². The highest BCUT2D eigenvalue weighted by Crippen LogP contribution is 2.19. The first-order valence-corrected chi connectivity index (χ1v) is 3.18. The van der Waals surface area contributed by atoms with E-state index in [4.69, 9.17) is 9.84 Å². The molecule has 0 spiro atoms. The molecule has 0 saturated carbocycles. The molecule has 0 amide bonds. The van der Waals surface area contributed by atoms with Crippen LogP contribution in [-0.2, 0) is 4.74 Å². The summed E-state index contributed by atoms with van der Waals surface area (Å²) in [6.45, 7) is 2.35. The summed E-state index contributed by atoms with van der Waals surface area (Å²) in [7, 11) is 0.184. The molecule has 10 heavy (non-hydrogen) atoms. The Labute approximate surface area is 62.3 Å². The molecule has 0 saturated heterocycles. The fraction of sp³-hybridized carbons (Fsp3) is 0.714. The van der Waals surface area contributed by atoms with Crippen molar-refractivity contribution in [3.05, 3.63) is 11.7 Å². The Hall–Kier alpha value is -0.435. The minimum Gasteiger partial charge on any atom is -0.535 e. The van der Waals surface area contributed by atoms with Crippen LogP contribution in [0.5, 0.6) is 0 Å². The number of rotatable bonds is 1. The minimum atomic E-state index is 0.0903. The van der Waals surface area contributed by atoms with Gasteiger partial charge in [-0.15, -0.1) is 0 Å². The van der Waals surface area contributed by atoms with E-state index in [1.807, 2.05) is 0 Å². The molecule has 1 rings (SSSR count). The van der Waals surface area contributed by atoms with Crippen LogP contribution < -0.4 is 0 Å². The van der Waals surface area contributed by atoms with Gasteiger partial charge in [0.25, 0.3) is 0 Å². The fourth-order valence-corrected chi connectivity index (χ4v) is 0.894. The number of ether oxygens (including phenoxy) is 1.